The summed E-state index contributed by atoms with van der Waals surface area (Å²) in [5, 5.41) is 0. The molecule has 0 radical (unpaired) electrons. The van der Waals surface area contributed by atoms with Crippen LogP contribution < -0.4 is 9.80 Å². The Kier molecular flexibility index (Phi) is 3.60. The van der Waals surface area contributed by atoms with Crippen molar-refractivity contribution in [3.63, 3.8) is 0 Å². The van der Waals surface area contributed by atoms with Gasteiger partial charge in [-0.05, 0) is 31.0 Å². The van der Waals surface area contributed by atoms with Gasteiger partial charge in [-0.1, -0.05) is 0 Å². The molecule has 6 nitrogen and oxygen atoms in total. The van der Waals surface area contributed by atoms with Crippen LogP contribution >= 0.6 is 0 Å². The van der Waals surface area contributed by atoms with Crippen molar-refractivity contribution in [1.82, 2.24) is 4.90 Å². The zero-order chi connectivity index (χ0) is 16.8. The number of amides is 2. The molecule has 1 saturated carbocycles. The average molecular weight is 332 g/mol. The van der Waals surface area contributed by atoms with E-state index in [0.29, 0.717) is 25.4 Å². The second kappa shape index (κ2) is 5.66. The van der Waals surface area contributed by atoms with Gasteiger partial charge in [-0.25, -0.2) is 4.39 Å². The van der Waals surface area contributed by atoms with Crippen LogP contribution in [0.4, 0.5) is 10.1 Å². The molecule has 7 heteroatoms. The highest BCUT2D eigenvalue weighted by Gasteiger charge is 2.40. The summed E-state index contributed by atoms with van der Waals surface area (Å²) in [6.45, 7) is 3.10. The van der Waals surface area contributed by atoms with Gasteiger partial charge in [0.2, 0.25) is 5.91 Å². The number of piperazine rings is 1. The summed E-state index contributed by atoms with van der Waals surface area (Å²) < 4.78 is 13.5. The van der Waals surface area contributed by atoms with Gasteiger partial charge in [0.05, 0.1) is 37.4 Å². The summed E-state index contributed by atoms with van der Waals surface area (Å²) in [4.78, 5) is 40.7. The fraction of sp³-hybridized carbons (Fsp3) is 0.471. The van der Waals surface area contributed by atoms with Crippen molar-refractivity contribution in [2.24, 2.45) is 5.92 Å². The Morgan fingerprint density at radius 2 is 1.92 bits per heavy atom. The van der Waals surface area contributed by atoms with Crippen LogP contribution in [0, 0.1) is 11.7 Å². The van der Waals surface area contributed by atoms with Gasteiger partial charge in [-0.15, -0.1) is 0 Å². The third kappa shape index (κ3) is 2.58. The highest BCUT2D eigenvalue weighted by molar-refractivity contribution is 6.52. The van der Waals surface area contributed by atoms with E-state index in [9.17, 15) is 18.8 Å². The van der Waals surface area contributed by atoms with Crippen LogP contribution in [0.5, 0.6) is 0 Å². The maximum Gasteiger partial charge on any atom is 0.303 e. The Morgan fingerprint density at radius 3 is 2.58 bits per heavy atom. The van der Waals surface area contributed by atoms with E-state index in [1.54, 1.807) is 0 Å². The number of halogens is 1. The monoisotopic (exact) mass is 332 g/mol. The van der Waals surface area contributed by atoms with Crippen molar-refractivity contribution in [1.29, 1.82) is 0 Å². The number of nitrogens with zero attached hydrogens (tertiary/aromatic N) is 2. The second-order valence-corrected chi connectivity index (χ2v) is 6.73. The summed E-state index contributed by atoms with van der Waals surface area (Å²) in [6.07, 6.45) is 2.00. The molecular formula is C17H19FN3O3+. The summed E-state index contributed by atoms with van der Waals surface area (Å²) in [5.74, 6) is -1.17. The first-order valence-electron chi connectivity index (χ1n) is 8.32. The molecule has 1 saturated heterocycles. The van der Waals surface area contributed by atoms with Crippen molar-refractivity contribution in [2.45, 2.75) is 12.8 Å². The molecule has 2 fully saturated rings. The fourth-order valence-corrected chi connectivity index (χ4v) is 3.44. The summed E-state index contributed by atoms with van der Waals surface area (Å²) >= 11 is 0. The van der Waals surface area contributed by atoms with Crippen molar-refractivity contribution in [2.75, 3.05) is 37.7 Å². The SMILES string of the molecule is O=C1C(=O)N(C[NH+]2CCN(C(=O)C3CC3)CC2)c2cc(F)ccc21. The minimum Gasteiger partial charge on any atom is -0.331 e. The highest BCUT2D eigenvalue weighted by Crippen LogP contribution is 2.31. The molecule has 126 valence electrons. The Morgan fingerprint density at radius 1 is 1.21 bits per heavy atom. The van der Waals surface area contributed by atoms with Gasteiger partial charge in [-0.2, -0.15) is 0 Å². The molecular weight excluding hydrogens is 313 g/mol. The van der Waals surface area contributed by atoms with Crippen LogP contribution in [0.25, 0.3) is 0 Å². The van der Waals surface area contributed by atoms with Gasteiger partial charge >= 0.3 is 5.91 Å². The number of anilines is 1. The maximum atomic E-state index is 13.5. The van der Waals surface area contributed by atoms with Gasteiger partial charge in [0, 0.05) is 5.92 Å². The van der Waals surface area contributed by atoms with Gasteiger partial charge in [-0.3, -0.25) is 19.3 Å². The van der Waals surface area contributed by atoms with Crippen LogP contribution in [0.2, 0.25) is 0 Å². The van der Waals surface area contributed by atoms with Crippen LogP contribution in [0.3, 0.4) is 0 Å². The fourth-order valence-electron chi connectivity index (χ4n) is 3.44. The number of Topliss-reactive ketones (excluding diaryl/α,β-unsaturated/α-hetero) is 1. The van der Waals surface area contributed by atoms with Gasteiger partial charge in [0.15, 0.2) is 6.67 Å². The molecule has 4 rings (SSSR count). The minimum absolute atomic E-state index is 0.221. The predicted molar refractivity (Wildman–Crippen MR) is 83.1 cm³/mol. The van der Waals surface area contributed by atoms with E-state index in [4.69, 9.17) is 0 Å². The molecule has 1 aliphatic carbocycles. The number of fused-ring (bicyclic) bond motifs is 1. The Hall–Kier alpha value is -2.28. The maximum absolute atomic E-state index is 13.5. The smallest absolute Gasteiger partial charge is 0.303 e. The number of carbonyl (C=O) groups is 3. The van der Waals surface area contributed by atoms with Gasteiger partial charge in [0.1, 0.15) is 5.82 Å². The van der Waals surface area contributed by atoms with E-state index in [1.807, 2.05) is 4.90 Å². The normalized spacial score (nSPS) is 21.4. The zero-order valence-electron chi connectivity index (χ0n) is 13.3. The van der Waals surface area contributed by atoms with E-state index >= 15 is 0 Å². The molecule has 0 spiro atoms. The number of quaternary nitrogens is 1. The van der Waals surface area contributed by atoms with Crippen LogP contribution in [0.1, 0.15) is 23.2 Å². The molecule has 3 aliphatic rings. The largest absolute Gasteiger partial charge is 0.331 e. The van der Waals surface area contributed by atoms with Crippen molar-refractivity contribution in [3.8, 4) is 0 Å². The molecule has 0 unspecified atom stereocenters. The van der Waals surface area contributed by atoms with Gasteiger partial charge < -0.3 is 9.80 Å². The molecule has 2 aliphatic heterocycles. The Bertz CT molecular complexity index is 724. The van der Waals surface area contributed by atoms with Crippen LogP contribution in [-0.2, 0) is 9.59 Å². The second-order valence-electron chi connectivity index (χ2n) is 6.73. The van der Waals surface area contributed by atoms with E-state index in [-0.39, 0.29) is 17.4 Å². The third-order valence-electron chi connectivity index (χ3n) is 5.03. The number of ketones is 1. The number of nitrogens with one attached hydrogen (secondary N) is 1. The molecule has 0 atom stereocenters. The molecule has 1 N–H and O–H groups in total. The highest BCUT2D eigenvalue weighted by atomic mass is 19.1. The van der Waals surface area contributed by atoms with Crippen molar-refractivity contribution in [3.05, 3.63) is 29.6 Å². The number of rotatable bonds is 3. The average Bonchev–Trinajstić information content (AvgIpc) is 3.40. The topological polar surface area (TPSA) is 62.1 Å². The third-order valence-corrected chi connectivity index (χ3v) is 5.03. The zero-order valence-corrected chi connectivity index (χ0v) is 13.3. The molecule has 2 amide bonds. The van der Waals surface area contributed by atoms with Crippen LogP contribution in [0.15, 0.2) is 18.2 Å². The lowest BCUT2D eigenvalue weighted by molar-refractivity contribution is -0.902. The molecule has 24 heavy (non-hydrogen) atoms. The first-order chi connectivity index (χ1) is 11.5. The molecule has 1 aromatic rings. The number of benzene rings is 1. The number of carbonyl (C=O) groups excluding carboxylic acids is 3. The minimum atomic E-state index is -0.598. The Balaban J connectivity index is 1.43. The van der Waals surface area contributed by atoms with Crippen molar-refractivity contribution < 1.29 is 23.7 Å². The lowest BCUT2D eigenvalue weighted by Gasteiger charge is -2.34. The van der Waals surface area contributed by atoms with Crippen molar-refractivity contribution >= 4 is 23.3 Å². The number of hydrogen-bond acceptors (Lipinski definition) is 3. The first kappa shape index (κ1) is 15.3. The summed E-state index contributed by atoms with van der Waals surface area (Å²) in [6, 6.07) is 3.81. The van der Waals surface area contributed by atoms with E-state index in [1.165, 1.54) is 23.1 Å². The standard InChI is InChI=1S/C17H18FN3O3/c18-12-3-4-13-14(9-12)21(17(24)15(13)22)10-19-5-7-20(8-6-19)16(23)11-1-2-11/h3-4,9,11H,1-2,5-8,10H2/p+1. The summed E-state index contributed by atoms with van der Waals surface area (Å²) in [7, 11) is 0. The first-order valence-corrected chi connectivity index (χ1v) is 8.32. The predicted octanol–water partition coefficient (Wildman–Crippen LogP) is -0.550. The molecule has 0 bridgehead atoms. The van der Waals surface area contributed by atoms with E-state index in [2.05, 4.69) is 0 Å². The molecule has 2 heterocycles. The van der Waals surface area contributed by atoms with E-state index < -0.39 is 17.5 Å². The van der Waals surface area contributed by atoms with Crippen LogP contribution in [-0.4, -0.2) is 55.3 Å². The van der Waals surface area contributed by atoms with E-state index in [0.717, 1.165) is 30.8 Å². The lowest BCUT2D eigenvalue weighted by atomic mass is 10.1. The molecule has 0 aromatic heterocycles. The Labute approximate surface area is 138 Å². The lowest BCUT2D eigenvalue weighted by Crippen LogP contribution is -3.16. The molecule has 1 aromatic carbocycles. The number of hydrogen-bond donors (Lipinski definition) is 1. The summed E-state index contributed by atoms with van der Waals surface area (Å²) in [5.41, 5.74) is 0.623. The van der Waals surface area contributed by atoms with Gasteiger partial charge in [0.25, 0.3) is 5.78 Å². The quantitative estimate of drug-likeness (QED) is 0.756.